The number of carboxylic acids is 1. The van der Waals surface area contributed by atoms with Gasteiger partial charge in [-0.1, -0.05) is 13.8 Å². The lowest BCUT2D eigenvalue weighted by molar-refractivity contribution is 0.0696. The zero-order valence-corrected chi connectivity index (χ0v) is 9.87. The fourth-order valence-electron chi connectivity index (χ4n) is 1.75. The van der Waals surface area contributed by atoms with Crippen LogP contribution >= 0.6 is 0 Å². The average Bonchev–Trinajstić information content (AvgIpc) is 2.39. The summed E-state index contributed by atoms with van der Waals surface area (Å²) in [5.74, 6) is -0.196. The van der Waals surface area contributed by atoms with E-state index in [0.29, 0.717) is 11.5 Å². The molecule has 0 radical (unpaired) electrons. The second-order valence-electron chi connectivity index (χ2n) is 4.42. The Balaban J connectivity index is 2.93. The summed E-state index contributed by atoms with van der Waals surface area (Å²) in [6.45, 7) is 9.08. The van der Waals surface area contributed by atoms with Crippen molar-refractivity contribution < 1.29 is 9.90 Å². The van der Waals surface area contributed by atoms with E-state index in [2.05, 4.69) is 18.4 Å². The third kappa shape index (κ3) is 2.61. The monoisotopic (exact) mass is 209 g/mol. The molecule has 0 aliphatic rings. The molecule has 0 bridgehead atoms. The summed E-state index contributed by atoms with van der Waals surface area (Å²) < 4.78 is 2.09. The van der Waals surface area contributed by atoms with Crippen molar-refractivity contribution in [3.05, 3.63) is 23.0 Å². The molecule has 0 fully saturated rings. The Morgan fingerprint density at radius 1 is 1.47 bits per heavy atom. The molecule has 0 spiro atoms. The predicted molar refractivity (Wildman–Crippen MR) is 60.3 cm³/mol. The van der Waals surface area contributed by atoms with Crippen molar-refractivity contribution in [3.63, 3.8) is 0 Å². The summed E-state index contributed by atoms with van der Waals surface area (Å²) in [6.07, 6.45) is 1.08. The van der Waals surface area contributed by atoms with Crippen LogP contribution in [0.2, 0.25) is 0 Å². The Bertz CT molecular complexity index is 364. The van der Waals surface area contributed by atoms with Gasteiger partial charge in [-0.25, -0.2) is 4.79 Å². The lowest BCUT2D eigenvalue weighted by atomic mass is 10.1. The van der Waals surface area contributed by atoms with Gasteiger partial charge in [0.1, 0.15) is 0 Å². The highest BCUT2D eigenvalue weighted by Gasteiger charge is 2.14. The van der Waals surface area contributed by atoms with Gasteiger partial charge in [0.15, 0.2) is 0 Å². The van der Waals surface area contributed by atoms with E-state index in [-0.39, 0.29) is 0 Å². The SMILES string of the molecule is Cc1cc(C(=O)O)c(C)n1CCC(C)C. The van der Waals surface area contributed by atoms with Crippen LogP contribution in [0.1, 0.15) is 42.0 Å². The molecule has 0 atom stereocenters. The molecule has 0 aromatic carbocycles. The van der Waals surface area contributed by atoms with Crippen LogP contribution in [-0.4, -0.2) is 15.6 Å². The van der Waals surface area contributed by atoms with Crippen molar-refractivity contribution in [3.8, 4) is 0 Å². The van der Waals surface area contributed by atoms with Gasteiger partial charge in [0.25, 0.3) is 0 Å². The predicted octanol–water partition coefficient (Wildman–Crippen LogP) is 2.85. The topological polar surface area (TPSA) is 42.2 Å². The van der Waals surface area contributed by atoms with E-state index < -0.39 is 5.97 Å². The molecule has 0 unspecified atom stereocenters. The lowest BCUT2D eigenvalue weighted by Crippen LogP contribution is -2.06. The molecule has 0 aliphatic carbocycles. The first-order chi connectivity index (χ1) is 6.93. The van der Waals surface area contributed by atoms with Crippen LogP contribution in [0, 0.1) is 19.8 Å². The minimum absolute atomic E-state index is 0.427. The summed E-state index contributed by atoms with van der Waals surface area (Å²) in [7, 11) is 0. The Labute approximate surface area is 90.7 Å². The summed E-state index contributed by atoms with van der Waals surface area (Å²) in [5.41, 5.74) is 2.32. The maximum Gasteiger partial charge on any atom is 0.337 e. The van der Waals surface area contributed by atoms with Gasteiger partial charge in [-0.2, -0.15) is 0 Å². The van der Waals surface area contributed by atoms with Crippen LogP contribution in [-0.2, 0) is 6.54 Å². The third-order valence-electron chi connectivity index (χ3n) is 2.73. The van der Waals surface area contributed by atoms with Crippen molar-refractivity contribution >= 4 is 5.97 Å². The van der Waals surface area contributed by atoms with Crippen molar-refractivity contribution in [2.24, 2.45) is 5.92 Å². The average molecular weight is 209 g/mol. The largest absolute Gasteiger partial charge is 0.478 e. The number of carbonyl (C=O) groups is 1. The van der Waals surface area contributed by atoms with Gasteiger partial charge in [-0.05, 0) is 32.3 Å². The molecule has 0 saturated heterocycles. The number of nitrogens with zero attached hydrogens (tertiary/aromatic N) is 1. The normalized spacial score (nSPS) is 11.0. The molecular weight excluding hydrogens is 190 g/mol. The Hall–Kier alpha value is -1.25. The number of aromatic nitrogens is 1. The molecule has 15 heavy (non-hydrogen) atoms. The first kappa shape index (κ1) is 11.8. The van der Waals surface area contributed by atoms with Crippen molar-refractivity contribution in [2.45, 2.75) is 40.7 Å². The van der Waals surface area contributed by atoms with E-state index in [4.69, 9.17) is 5.11 Å². The molecule has 3 heteroatoms. The van der Waals surface area contributed by atoms with E-state index in [0.717, 1.165) is 24.4 Å². The zero-order chi connectivity index (χ0) is 11.6. The van der Waals surface area contributed by atoms with E-state index in [1.54, 1.807) is 6.07 Å². The molecule has 1 N–H and O–H groups in total. The molecule has 1 aromatic heterocycles. The molecule has 1 heterocycles. The Morgan fingerprint density at radius 3 is 2.47 bits per heavy atom. The van der Waals surface area contributed by atoms with E-state index in [1.165, 1.54) is 0 Å². The minimum atomic E-state index is -0.834. The molecule has 0 aliphatic heterocycles. The number of carboxylic acid groups (broad SMARTS) is 1. The number of aromatic carboxylic acids is 1. The maximum atomic E-state index is 10.9. The van der Waals surface area contributed by atoms with Gasteiger partial charge in [0, 0.05) is 17.9 Å². The maximum absolute atomic E-state index is 10.9. The number of aryl methyl sites for hydroxylation is 1. The molecular formula is C12H19NO2. The summed E-state index contributed by atoms with van der Waals surface area (Å²) >= 11 is 0. The highest BCUT2D eigenvalue weighted by Crippen LogP contribution is 2.16. The fraction of sp³-hybridized carbons (Fsp3) is 0.583. The number of hydrogen-bond acceptors (Lipinski definition) is 1. The zero-order valence-electron chi connectivity index (χ0n) is 9.87. The minimum Gasteiger partial charge on any atom is -0.478 e. The molecule has 0 saturated carbocycles. The third-order valence-corrected chi connectivity index (χ3v) is 2.73. The van der Waals surface area contributed by atoms with Gasteiger partial charge >= 0.3 is 5.97 Å². The van der Waals surface area contributed by atoms with Gasteiger partial charge in [0.2, 0.25) is 0 Å². The second-order valence-corrected chi connectivity index (χ2v) is 4.42. The Morgan fingerprint density at radius 2 is 2.07 bits per heavy atom. The first-order valence-corrected chi connectivity index (χ1v) is 5.33. The van der Waals surface area contributed by atoms with Gasteiger partial charge in [-0.15, -0.1) is 0 Å². The fourth-order valence-corrected chi connectivity index (χ4v) is 1.75. The van der Waals surface area contributed by atoms with Crippen molar-refractivity contribution in [2.75, 3.05) is 0 Å². The standard InChI is InChI=1S/C12H19NO2/c1-8(2)5-6-13-9(3)7-11(10(13)4)12(14)15/h7-8H,5-6H2,1-4H3,(H,14,15). The van der Waals surface area contributed by atoms with Gasteiger partial charge < -0.3 is 9.67 Å². The lowest BCUT2D eigenvalue weighted by Gasteiger charge is -2.11. The van der Waals surface area contributed by atoms with Crippen LogP contribution in [0.3, 0.4) is 0 Å². The molecule has 1 aromatic rings. The van der Waals surface area contributed by atoms with Crippen LogP contribution in [0.4, 0.5) is 0 Å². The summed E-state index contributed by atoms with van der Waals surface area (Å²) in [5, 5.41) is 8.97. The molecule has 84 valence electrons. The van der Waals surface area contributed by atoms with Crippen molar-refractivity contribution in [1.29, 1.82) is 0 Å². The second kappa shape index (κ2) is 4.51. The van der Waals surface area contributed by atoms with E-state index in [9.17, 15) is 4.79 Å². The highest BCUT2D eigenvalue weighted by atomic mass is 16.4. The van der Waals surface area contributed by atoms with Gasteiger partial charge in [0.05, 0.1) is 5.56 Å². The smallest absolute Gasteiger partial charge is 0.337 e. The Kier molecular flexibility index (Phi) is 3.56. The molecule has 0 amide bonds. The van der Waals surface area contributed by atoms with Gasteiger partial charge in [-0.3, -0.25) is 0 Å². The summed E-state index contributed by atoms with van der Waals surface area (Å²) in [6, 6.07) is 1.75. The van der Waals surface area contributed by atoms with E-state index in [1.807, 2.05) is 13.8 Å². The number of rotatable bonds is 4. The van der Waals surface area contributed by atoms with Crippen LogP contribution in [0.25, 0.3) is 0 Å². The van der Waals surface area contributed by atoms with Crippen LogP contribution < -0.4 is 0 Å². The molecule has 3 nitrogen and oxygen atoms in total. The van der Waals surface area contributed by atoms with E-state index >= 15 is 0 Å². The highest BCUT2D eigenvalue weighted by molar-refractivity contribution is 5.89. The van der Waals surface area contributed by atoms with Crippen molar-refractivity contribution in [1.82, 2.24) is 4.57 Å². The number of hydrogen-bond donors (Lipinski definition) is 1. The quantitative estimate of drug-likeness (QED) is 0.828. The molecule has 1 rings (SSSR count). The summed E-state index contributed by atoms with van der Waals surface area (Å²) in [4.78, 5) is 10.9. The first-order valence-electron chi connectivity index (χ1n) is 5.33. The van der Waals surface area contributed by atoms with Crippen LogP contribution in [0.15, 0.2) is 6.07 Å². The van der Waals surface area contributed by atoms with Crippen LogP contribution in [0.5, 0.6) is 0 Å².